The minimum absolute atomic E-state index is 0.0305. The zero-order valence-corrected chi connectivity index (χ0v) is 15.6. The average molecular weight is 395 g/mol. The minimum Gasteiger partial charge on any atom is -0.508 e. The lowest BCUT2D eigenvalue weighted by Crippen LogP contribution is -2.32. The molecule has 0 aromatic heterocycles. The standard InChI is InChI=1S/C22H21NO6/c1-2-13-29-17-9-5-15(6-10-17)20(26)18-19(14-3-7-16(25)8-4-14)23(11-12-24)22(28)21(18)27/h2-10,19,24-26H,1,11-13H2/b20-18+. The molecule has 0 radical (unpaired) electrons. The number of ether oxygens (including phenoxy) is 1. The maximum absolute atomic E-state index is 12.7. The van der Waals surface area contributed by atoms with Gasteiger partial charge < -0.3 is 25.0 Å². The van der Waals surface area contributed by atoms with Gasteiger partial charge in [-0.05, 0) is 42.0 Å². The predicted octanol–water partition coefficient (Wildman–Crippen LogP) is 2.37. The van der Waals surface area contributed by atoms with E-state index >= 15 is 0 Å². The van der Waals surface area contributed by atoms with Crippen LogP contribution in [-0.2, 0) is 9.59 Å². The van der Waals surface area contributed by atoms with E-state index in [9.17, 15) is 24.9 Å². The van der Waals surface area contributed by atoms with Gasteiger partial charge in [0.15, 0.2) is 0 Å². The quantitative estimate of drug-likeness (QED) is 0.288. The number of β-amino-alcohol motifs (C(OH)–C–C–N with tert-alkyl or cyclic N) is 1. The number of ketones is 1. The molecule has 1 heterocycles. The number of likely N-dealkylation sites (tertiary alicyclic amines) is 1. The Morgan fingerprint density at radius 2 is 1.76 bits per heavy atom. The highest BCUT2D eigenvalue weighted by Crippen LogP contribution is 2.39. The fraction of sp³-hybridized carbons (Fsp3) is 0.182. The number of benzene rings is 2. The largest absolute Gasteiger partial charge is 0.508 e. The fourth-order valence-corrected chi connectivity index (χ4v) is 3.24. The van der Waals surface area contributed by atoms with Gasteiger partial charge in [-0.3, -0.25) is 9.59 Å². The third-order valence-electron chi connectivity index (χ3n) is 4.59. The smallest absolute Gasteiger partial charge is 0.295 e. The van der Waals surface area contributed by atoms with Gasteiger partial charge in [0.2, 0.25) is 0 Å². The summed E-state index contributed by atoms with van der Waals surface area (Å²) in [5.74, 6) is -1.36. The number of carbonyl (C=O) groups excluding carboxylic acids is 2. The van der Waals surface area contributed by atoms with Crippen molar-refractivity contribution in [3.8, 4) is 11.5 Å². The van der Waals surface area contributed by atoms with Crippen LogP contribution in [0.3, 0.4) is 0 Å². The summed E-state index contributed by atoms with van der Waals surface area (Å²) in [6, 6.07) is 11.6. The number of aliphatic hydroxyl groups excluding tert-OH is 2. The zero-order valence-electron chi connectivity index (χ0n) is 15.6. The monoisotopic (exact) mass is 395 g/mol. The Hall–Kier alpha value is -3.58. The number of amides is 1. The number of aliphatic hydroxyl groups is 2. The summed E-state index contributed by atoms with van der Waals surface area (Å²) in [6.07, 6.45) is 1.61. The number of carbonyl (C=O) groups is 2. The summed E-state index contributed by atoms with van der Waals surface area (Å²) in [6.45, 7) is 3.50. The molecule has 0 bridgehead atoms. The Kier molecular flexibility index (Phi) is 5.99. The molecule has 1 aliphatic heterocycles. The SMILES string of the molecule is C=CCOc1ccc(/C(O)=C2\C(=O)C(=O)N(CCO)C2c2ccc(O)cc2)cc1. The van der Waals surface area contributed by atoms with Crippen molar-refractivity contribution in [1.82, 2.24) is 4.90 Å². The lowest BCUT2D eigenvalue weighted by Gasteiger charge is -2.24. The summed E-state index contributed by atoms with van der Waals surface area (Å²) < 4.78 is 5.41. The molecule has 7 heteroatoms. The summed E-state index contributed by atoms with van der Waals surface area (Å²) in [7, 11) is 0. The zero-order chi connectivity index (χ0) is 21.0. The van der Waals surface area contributed by atoms with E-state index in [1.165, 1.54) is 17.0 Å². The van der Waals surface area contributed by atoms with E-state index in [-0.39, 0.29) is 30.2 Å². The third-order valence-corrected chi connectivity index (χ3v) is 4.59. The van der Waals surface area contributed by atoms with E-state index < -0.39 is 17.7 Å². The maximum atomic E-state index is 12.7. The van der Waals surface area contributed by atoms with Crippen LogP contribution in [0, 0.1) is 0 Å². The highest BCUT2D eigenvalue weighted by molar-refractivity contribution is 6.46. The van der Waals surface area contributed by atoms with Gasteiger partial charge in [0.25, 0.3) is 11.7 Å². The number of rotatable bonds is 7. The number of hydrogen-bond donors (Lipinski definition) is 3. The molecule has 1 fully saturated rings. The second kappa shape index (κ2) is 8.62. The Morgan fingerprint density at radius 3 is 2.34 bits per heavy atom. The van der Waals surface area contributed by atoms with Gasteiger partial charge in [0.05, 0.1) is 18.2 Å². The lowest BCUT2D eigenvalue weighted by molar-refractivity contribution is -0.140. The van der Waals surface area contributed by atoms with Gasteiger partial charge in [-0.2, -0.15) is 0 Å². The summed E-state index contributed by atoms with van der Waals surface area (Å²) >= 11 is 0. The number of nitrogens with zero attached hydrogens (tertiary/aromatic N) is 1. The molecule has 2 aromatic rings. The highest BCUT2D eigenvalue weighted by atomic mass is 16.5. The van der Waals surface area contributed by atoms with Crippen LogP contribution in [0.25, 0.3) is 5.76 Å². The molecular formula is C22H21NO6. The van der Waals surface area contributed by atoms with E-state index in [2.05, 4.69) is 6.58 Å². The van der Waals surface area contributed by atoms with Crippen molar-refractivity contribution in [3.05, 3.63) is 77.9 Å². The molecule has 1 unspecified atom stereocenters. The molecule has 1 saturated heterocycles. The molecule has 3 N–H and O–H groups in total. The molecule has 1 amide bonds. The van der Waals surface area contributed by atoms with Crippen molar-refractivity contribution < 1.29 is 29.6 Å². The van der Waals surface area contributed by atoms with Gasteiger partial charge in [-0.25, -0.2) is 0 Å². The van der Waals surface area contributed by atoms with Crippen LogP contribution in [0.15, 0.2) is 66.8 Å². The molecule has 0 aliphatic carbocycles. The number of aromatic hydroxyl groups is 1. The molecule has 0 saturated carbocycles. The predicted molar refractivity (Wildman–Crippen MR) is 106 cm³/mol. The Bertz CT molecular complexity index is 946. The highest BCUT2D eigenvalue weighted by Gasteiger charge is 2.45. The van der Waals surface area contributed by atoms with E-state index in [1.54, 1.807) is 42.5 Å². The molecular weight excluding hydrogens is 374 g/mol. The summed E-state index contributed by atoms with van der Waals surface area (Å²) in [5.41, 5.74) is 0.804. The Morgan fingerprint density at radius 1 is 1.10 bits per heavy atom. The topological polar surface area (TPSA) is 107 Å². The molecule has 1 aliphatic rings. The third kappa shape index (κ3) is 4.00. The van der Waals surface area contributed by atoms with E-state index in [4.69, 9.17) is 4.74 Å². The normalized spacial score (nSPS) is 18.1. The molecule has 1 atom stereocenters. The van der Waals surface area contributed by atoms with Crippen molar-refractivity contribution in [2.45, 2.75) is 6.04 Å². The lowest BCUT2D eigenvalue weighted by atomic mass is 9.95. The number of phenolic OH excluding ortho intramolecular Hbond substituents is 1. The van der Waals surface area contributed by atoms with Gasteiger partial charge in [0.1, 0.15) is 23.9 Å². The van der Waals surface area contributed by atoms with Crippen LogP contribution in [-0.4, -0.2) is 51.7 Å². The van der Waals surface area contributed by atoms with Crippen LogP contribution in [0.2, 0.25) is 0 Å². The van der Waals surface area contributed by atoms with Crippen molar-refractivity contribution in [3.63, 3.8) is 0 Å². The Balaban J connectivity index is 2.07. The van der Waals surface area contributed by atoms with Gasteiger partial charge >= 0.3 is 0 Å². The second-order valence-electron chi connectivity index (χ2n) is 6.43. The summed E-state index contributed by atoms with van der Waals surface area (Å²) in [4.78, 5) is 26.4. The first-order valence-electron chi connectivity index (χ1n) is 9.00. The summed E-state index contributed by atoms with van der Waals surface area (Å²) in [5, 5.41) is 29.7. The van der Waals surface area contributed by atoms with Crippen LogP contribution in [0.5, 0.6) is 11.5 Å². The van der Waals surface area contributed by atoms with Gasteiger partial charge in [0, 0.05) is 12.1 Å². The van der Waals surface area contributed by atoms with Gasteiger partial charge in [-0.1, -0.05) is 24.8 Å². The first-order valence-corrected chi connectivity index (χ1v) is 9.00. The van der Waals surface area contributed by atoms with Crippen molar-refractivity contribution >= 4 is 17.4 Å². The van der Waals surface area contributed by atoms with Crippen LogP contribution in [0.1, 0.15) is 17.2 Å². The average Bonchev–Trinajstić information content (AvgIpc) is 2.98. The van der Waals surface area contributed by atoms with E-state index in [1.807, 2.05) is 0 Å². The van der Waals surface area contributed by atoms with Gasteiger partial charge in [-0.15, -0.1) is 0 Å². The van der Waals surface area contributed by atoms with Crippen molar-refractivity contribution in [2.24, 2.45) is 0 Å². The molecule has 7 nitrogen and oxygen atoms in total. The van der Waals surface area contributed by atoms with Crippen LogP contribution in [0.4, 0.5) is 0 Å². The van der Waals surface area contributed by atoms with Crippen LogP contribution < -0.4 is 4.74 Å². The molecule has 0 spiro atoms. The number of Topliss-reactive ketones (excluding diaryl/α,β-unsaturated/α-hetero) is 1. The number of phenols is 1. The fourth-order valence-electron chi connectivity index (χ4n) is 3.24. The molecule has 3 rings (SSSR count). The van der Waals surface area contributed by atoms with E-state index in [0.717, 1.165) is 0 Å². The van der Waals surface area contributed by atoms with Crippen LogP contribution >= 0.6 is 0 Å². The van der Waals surface area contributed by atoms with Crippen molar-refractivity contribution in [2.75, 3.05) is 19.8 Å². The first-order chi connectivity index (χ1) is 14.0. The van der Waals surface area contributed by atoms with Crippen molar-refractivity contribution in [1.29, 1.82) is 0 Å². The molecule has 150 valence electrons. The second-order valence-corrected chi connectivity index (χ2v) is 6.43. The first kappa shape index (κ1) is 20.2. The maximum Gasteiger partial charge on any atom is 0.295 e. The Labute approximate surface area is 167 Å². The molecule has 29 heavy (non-hydrogen) atoms. The number of hydrogen-bond acceptors (Lipinski definition) is 6. The molecule has 2 aromatic carbocycles. The minimum atomic E-state index is -0.876. The van der Waals surface area contributed by atoms with E-state index in [0.29, 0.717) is 23.5 Å².